The predicted octanol–water partition coefficient (Wildman–Crippen LogP) is 3.28. The summed E-state index contributed by atoms with van der Waals surface area (Å²) in [5, 5.41) is 3.23. The van der Waals surface area contributed by atoms with Crippen molar-refractivity contribution in [3.63, 3.8) is 0 Å². The molecule has 2 aromatic rings. The van der Waals surface area contributed by atoms with Crippen LogP contribution in [0.1, 0.15) is 34.1 Å². The van der Waals surface area contributed by atoms with E-state index < -0.39 is 17.9 Å². The molecule has 1 aromatic carbocycles. The molecule has 6 heteroatoms. The molecule has 0 saturated carbocycles. The van der Waals surface area contributed by atoms with Crippen LogP contribution in [0.25, 0.3) is 0 Å². The average molecular weight is 322 g/mol. The van der Waals surface area contributed by atoms with Crippen molar-refractivity contribution in [1.82, 2.24) is 5.32 Å². The molecule has 2 rings (SSSR count). The van der Waals surface area contributed by atoms with Crippen molar-refractivity contribution in [2.45, 2.75) is 19.4 Å². The Morgan fingerprint density at radius 2 is 2.05 bits per heavy atom. The minimum Gasteiger partial charge on any atom is -0.469 e. The number of esters is 1. The van der Waals surface area contributed by atoms with Crippen molar-refractivity contribution in [3.8, 4) is 0 Å². The quantitative estimate of drug-likeness (QED) is 0.858. The van der Waals surface area contributed by atoms with E-state index in [1.165, 1.54) is 13.4 Å². The Kier molecular flexibility index (Phi) is 5.22. The van der Waals surface area contributed by atoms with Gasteiger partial charge in [-0.3, -0.25) is 9.59 Å². The van der Waals surface area contributed by atoms with Crippen LogP contribution in [0.4, 0.5) is 0 Å². The lowest BCUT2D eigenvalue weighted by molar-refractivity contribution is -0.141. The van der Waals surface area contributed by atoms with Crippen molar-refractivity contribution in [3.05, 3.63) is 58.5 Å². The number of ether oxygens (including phenoxy) is 1. The third-order valence-corrected chi connectivity index (χ3v) is 3.60. The zero-order valence-electron chi connectivity index (χ0n) is 12.3. The van der Waals surface area contributed by atoms with Crippen LogP contribution in [0.15, 0.2) is 41.0 Å². The van der Waals surface area contributed by atoms with Crippen LogP contribution in [0, 0.1) is 6.92 Å². The molecule has 1 amide bonds. The third-order valence-electron chi connectivity index (χ3n) is 3.25. The summed E-state index contributed by atoms with van der Waals surface area (Å²) in [7, 11) is 1.30. The fourth-order valence-electron chi connectivity index (χ4n) is 2.08. The first-order valence-electron chi connectivity index (χ1n) is 6.69. The van der Waals surface area contributed by atoms with Crippen LogP contribution >= 0.6 is 11.6 Å². The number of methoxy groups -OCH3 is 1. The molecular formula is C16H16ClNO4. The fraction of sp³-hybridized carbons (Fsp3) is 0.250. The number of carbonyl (C=O) groups is 2. The third kappa shape index (κ3) is 3.68. The van der Waals surface area contributed by atoms with Gasteiger partial charge < -0.3 is 14.5 Å². The average Bonchev–Trinajstić information content (AvgIpc) is 2.93. The molecule has 1 N–H and O–H groups in total. The van der Waals surface area contributed by atoms with Crippen LogP contribution in [-0.2, 0) is 9.53 Å². The van der Waals surface area contributed by atoms with E-state index in [-0.39, 0.29) is 12.2 Å². The second-order valence-electron chi connectivity index (χ2n) is 4.76. The second kappa shape index (κ2) is 7.13. The van der Waals surface area contributed by atoms with Gasteiger partial charge in [0.25, 0.3) is 5.91 Å². The molecule has 1 heterocycles. The Hall–Kier alpha value is -2.27. The maximum atomic E-state index is 12.3. The fourth-order valence-corrected chi connectivity index (χ4v) is 2.34. The van der Waals surface area contributed by atoms with Gasteiger partial charge in [-0.25, -0.2) is 0 Å². The second-order valence-corrected chi connectivity index (χ2v) is 5.17. The molecule has 0 saturated heterocycles. The van der Waals surface area contributed by atoms with Gasteiger partial charge in [-0.2, -0.15) is 0 Å². The minimum atomic E-state index is -0.599. The van der Waals surface area contributed by atoms with E-state index in [0.717, 1.165) is 0 Å². The summed E-state index contributed by atoms with van der Waals surface area (Å²) in [5.74, 6) is -0.639. The van der Waals surface area contributed by atoms with Gasteiger partial charge in [-0.1, -0.05) is 29.8 Å². The molecule has 0 bridgehead atoms. The molecular weight excluding hydrogens is 306 g/mol. The summed E-state index contributed by atoms with van der Waals surface area (Å²) in [6, 6.07) is 8.12. The van der Waals surface area contributed by atoms with Crippen LogP contribution in [0.2, 0.25) is 5.02 Å². The van der Waals surface area contributed by atoms with Crippen molar-refractivity contribution < 1.29 is 18.7 Å². The first-order chi connectivity index (χ1) is 10.5. The standard InChI is InChI=1S/C16H16ClNO4/c1-10-7-8-22-15(10)16(20)18-13(9-14(19)21-2)11-5-3-4-6-12(11)17/h3-8,13H,9H2,1-2H3,(H,18,20). The molecule has 0 aliphatic carbocycles. The minimum absolute atomic E-state index is 0.0221. The number of hydrogen-bond acceptors (Lipinski definition) is 4. The maximum Gasteiger partial charge on any atom is 0.307 e. The van der Waals surface area contributed by atoms with Crippen LogP contribution in [0.3, 0.4) is 0 Å². The summed E-state index contributed by atoms with van der Waals surface area (Å²) in [6.07, 6.45) is 1.42. The van der Waals surface area contributed by atoms with Crippen molar-refractivity contribution in [2.75, 3.05) is 7.11 Å². The molecule has 0 aliphatic rings. The number of aryl methyl sites for hydroxylation is 1. The highest BCUT2D eigenvalue weighted by Crippen LogP contribution is 2.26. The number of nitrogens with one attached hydrogen (secondary N) is 1. The van der Waals surface area contributed by atoms with Gasteiger partial charge in [0.1, 0.15) is 0 Å². The molecule has 1 aromatic heterocycles. The van der Waals surface area contributed by atoms with Crippen LogP contribution < -0.4 is 5.32 Å². The number of carbonyl (C=O) groups excluding carboxylic acids is 2. The van der Waals surface area contributed by atoms with Crippen LogP contribution in [-0.4, -0.2) is 19.0 Å². The summed E-state index contributed by atoms with van der Waals surface area (Å²) < 4.78 is 9.84. The predicted molar refractivity (Wildman–Crippen MR) is 81.7 cm³/mol. The summed E-state index contributed by atoms with van der Waals surface area (Å²) >= 11 is 6.16. The first-order valence-corrected chi connectivity index (χ1v) is 7.07. The van der Waals surface area contributed by atoms with E-state index in [4.69, 9.17) is 16.0 Å². The van der Waals surface area contributed by atoms with Crippen molar-refractivity contribution >= 4 is 23.5 Å². The molecule has 0 fully saturated rings. The molecule has 22 heavy (non-hydrogen) atoms. The summed E-state index contributed by atoms with van der Waals surface area (Å²) in [4.78, 5) is 23.9. The van der Waals surface area contributed by atoms with Crippen molar-refractivity contribution in [1.29, 1.82) is 0 Å². The van der Waals surface area contributed by atoms with Gasteiger partial charge in [0.2, 0.25) is 0 Å². The molecule has 0 radical (unpaired) electrons. The smallest absolute Gasteiger partial charge is 0.307 e. The summed E-state index contributed by atoms with van der Waals surface area (Å²) in [5.41, 5.74) is 1.36. The Bertz CT molecular complexity index is 680. The number of rotatable bonds is 5. The monoisotopic (exact) mass is 321 g/mol. The van der Waals surface area contributed by atoms with Gasteiger partial charge in [0, 0.05) is 10.6 Å². The van der Waals surface area contributed by atoms with Gasteiger partial charge >= 0.3 is 5.97 Å². The topological polar surface area (TPSA) is 68.5 Å². The SMILES string of the molecule is COC(=O)CC(NC(=O)c1occc1C)c1ccccc1Cl. The van der Waals surface area contributed by atoms with E-state index in [1.807, 2.05) is 0 Å². The lowest BCUT2D eigenvalue weighted by Crippen LogP contribution is -2.30. The normalized spacial score (nSPS) is 11.8. The van der Waals surface area contributed by atoms with Gasteiger partial charge in [0.05, 0.1) is 25.8 Å². The number of amides is 1. The molecule has 116 valence electrons. The maximum absolute atomic E-state index is 12.3. The molecule has 1 atom stereocenters. The lowest BCUT2D eigenvalue weighted by Gasteiger charge is -2.19. The Labute approximate surface area is 133 Å². The number of halogens is 1. The summed E-state index contributed by atoms with van der Waals surface area (Å²) in [6.45, 7) is 1.77. The Morgan fingerprint density at radius 1 is 1.32 bits per heavy atom. The largest absolute Gasteiger partial charge is 0.469 e. The highest BCUT2D eigenvalue weighted by molar-refractivity contribution is 6.31. The zero-order chi connectivity index (χ0) is 16.1. The van der Waals surface area contributed by atoms with E-state index in [9.17, 15) is 9.59 Å². The molecule has 1 unspecified atom stereocenters. The Balaban J connectivity index is 2.25. The number of furan rings is 1. The van der Waals surface area contributed by atoms with E-state index in [2.05, 4.69) is 10.1 Å². The lowest BCUT2D eigenvalue weighted by atomic mass is 10.0. The molecule has 0 aliphatic heterocycles. The number of benzene rings is 1. The molecule has 5 nitrogen and oxygen atoms in total. The highest BCUT2D eigenvalue weighted by Gasteiger charge is 2.23. The van der Waals surface area contributed by atoms with E-state index >= 15 is 0 Å². The van der Waals surface area contributed by atoms with Gasteiger partial charge in [0.15, 0.2) is 5.76 Å². The highest BCUT2D eigenvalue weighted by atomic mass is 35.5. The zero-order valence-corrected chi connectivity index (χ0v) is 13.0. The number of hydrogen-bond donors (Lipinski definition) is 1. The van der Waals surface area contributed by atoms with Gasteiger partial charge in [-0.15, -0.1) is 0 Å². The van der Waals surface area contributed by atoms with Crippen LogP contribution in [0.5, 0.6) is 0 Å². The van der Waals surface area contributed by atoms with Gasteiger partial charge in [-0.05, 0) is 24.6 Å². The van der Waals surface area contributed by atoms with E-state index in [1.54, 1.807) is 37.3 Å². The molecule has 0 spiro atoms. The Morgan fingerprint density at radius 3 is 2.64 bits per heavy atom. The van der Waals surface area contributed by atoms with E-state index in [0.29, 0.717) is 16.1 Å². The first kappa shape index (κ1) is 16.1. The van der Waals surface area contributed by atoms with Crippen molar-refractivity contribution in [2.24, 2.45) is 0 Å².